The summed E-state index contributed by atoms with van der Waals surface area (Å²) in [5.41, 5.74) is 1.57. The van der Waals surface area contributed by atoms with E-state index in [0.29, 0.717) is 0 Å². The fraction of sp³-hybridized carbons (Fsp3) is 0.778. The highest BCUT2D eigenvalue weighted by Crippen LogP contribution is 2.44. The van der Waals surface area contributed by atoms with Gasteiger partial charge in [-0.25, -0.2) is 0 Å². The maximum atomic E-state index is 5.27. The van der Waals surface area contributed by atoms with Crippen LogP contribution in [0.25, 0.3) is 0 Å². The van der Waals surface area contributed by atoms with Crippen LogP contribution in [0.3, 0.4) is 0 Å². The zero-order valence-electron chi connectivity index (χ0n) is 7.39. The zero-order chi connectivity index (χ0) is 8.15. The van der Waals surface area contributed by atoms with E-state index in [1.54, 1.807) is 0 Å². The molecule has 0 nitrogen and oxygen atoms in total. The van der Waals surface area contributed by atoms with Crippen molar-refractivity contribution < 1.29 is 0 Å². The van der Waals surface area contributed by atoms with Gasteiger partial charge in [0.15, 0.2) is 0 Å². The Morgan fingerprint density at radius 1 is 1.20 bits per heavy atom. The van der Waals surface area contributed by atoms with E-state index < -0.39 is 0 Å². The highest BCUT2D eigenvalue weighted by Gasteiger charge is 2.14. The summed E-state index contributed by atoms with van der Waals surface area (Å²) in [6.45, 7) is 9.07. The third kappa shape index (κ3) is 3.23. The SMILES string of the molecule is C#CCP(C(C)C)C(C)C. The fourth-order valence-corrected chi connectivity index (χ4v) is 3.20. The molecule has 0 aliphatic heterocycles. The molecule has 0 N–H and O–H groups in total. The summed E-state index contributed by atoms with van der Waals surface area (Å²) >= 11 is 0. The lowest BCUT2D eigenvalue weighted by Gasteiger charge is -2.23. The second kappa shape index (κ2) is 4.75. The molecule has 0 aliphatic rings. The summed E-state index contributed by atoms with van der Waals surface area (Å²) in [4.78, 5) is 0. The smallest absolute Gasteiger partial charge is 0.0293 e. The summed E-state index contributed by atoms with van der Waals surface area (Å²) in [5, 5.41) is 0. The minimum Gasteiger partial charge on any atom is -0.120 e. The topological polar surface area (TPSA) is 0 Å². The van der Waals surface area contributed by atoms with Crippen LogP contribution in [-0.4, -0.2) is 17.5 Å². The molecule has 0 rings (SSSR count). The largest absolute Gasteiger partial charge is 0.120 e. The van der Waals surface area contributed by atoms with Crippen LogP contribution in [-0.2, 0) is 0 Å². The van der Waals surface area contributed by atoms with Gasteiger partial charge in [0.1, 0.15) is 0 Å². The Balaban J connectivity index is 3.88. The van der Waals surface area contributed by atoms with Gasteiger partial charge in [0.25, 0.3) is 0 Å². The lowest BCUT2D eigenvalue weighted by atomic mass is 10.5. The van der Waals surface area contributed by atoms with Gasteiger partial charge in [-0.05, 0) is 11.3 Å². The van der Waals surface area contributed by atoms with Crippen molar-refractivity contribution in [2.45, 2.75) is 39.0 Å². The lowest BCUT2D eigenvalue weighted by Crippen LogP contribution is -2.05. The molecule has 0 atom stereocenters. The fourth-order valence-electron chi connectivity index (χ4n) is 1.07. The van der Waals surface area contributed by atoms with E-state index in [2.05, 4.69) is 33.6 Å². The Labute approximate surface area is 66.2 Å². The minimum atomic E-state index is 0.0851. The molecule has 0 saturated heterocycles. The van der Waals surface area contributed by atoms with E-state index in [-0.39, 0.29) is 7.92 Å². The molecule has 0 aromatic heterocycles. The van der Waals surface area contributed by atoms with Crippen molar-refractivity contribution in [2.24, 2.45) is 0 Å². The minimum absolute atomic E-state index is 0.0851. The van der Waals surface area contributed by atoms with Gasteiger partial charge >= 0.3 is 0 Å². The molecule has 0 aromatic carbocycles. The van der Waals surface area contributed by atoms with Crippen LogP contribution in [0.1, 0.15) is 27.7 Å². The Kier molecular flexibility index (Phi) is 4.75. The number of terminal acetylenes is 1. The van der Waals surface area contributed by atoms with Crippen molar-refractivity contribution in [1.29, 1.82) is 0 Å². The number of hydrogen-bond acceptors (Lipinski definition) is 0. The first-order valence-corrected chi connectivity index (χ1v) is 5.45. The van der Waals surface area contributed by atoms with Crippen LogP contribution < -0.4 is 0 Å². The Hall–Kier alpha value is -0.0100. The molecule has 0 spiro atoms. The van der Waals surface area contributed by atoms with E-state index in [1.807, 2.05) is 0 Å². The van der Waals surface area contributed by atoms with Gasteiger partial charge in [-0.2, -0.15) is 0 Å². The molecular weight excluding hydrogens is 139 g/mol. The van der Waals surface area contributed by atoms with Gasteiger partial charge in [-0.1, -0.05) is 35.6 Å². The molecule has 0 aliphatic carbocycles. The van der Waals surface area contributed by atoms with Crippen LogP contribution in [0.5, 0.6) is 0 Å². The second-order valence-electron chi connectivity index (χ2n) is 3.06. The van der Waals surface area contributed by atoms with Crippen molar-refractivity contribution in [3.8, 4) is 12.3 Å². The lowest BCUT2D eigenvalue weighted by molar-refractivity contribution is 1.01. The molecule has 58 valence electrons. The predicted octanol–water partition coefficient (Wildman–Crippen LogP) is 2.92. The molecule has 0 heterocycles. The van der Waals surface area contributed by atoms with Crippen molar-refractivity contribution in [3.05, 3.63) is 0 Å². The van der Waals surface area contributed by atoms with Crippen LogP contribution in [0.15, 0.2) is 0 Å². The highest BCUT2D eigenvalue weighted by atomic mass is 31.1. The third-order valence-electron chi connectivity index (χ3n) is 1.60. The Morgan fingerprint density at radius 2 is 1.60 bits per heavy atom. The first-order chi connectivity index (χ1) is 4.59. The molecule has 0 amide bonds. The summed E-state index contributed by atoms with van der Waals surface area (Å²) < 4.78 is 0. The maximum Gasteiger partial charge on any atom is 0.0293 e. The van der Waals surface area contributed by atoms with Crippen molar-refractivity contribution in [3.63, 3.8) is 0 Å². The summed E-state index contributed by atoms with van der Waals surface area (Å²) in [6.07, 6.45) is 6.26. The van der Waals surface area contributed by atoms with Crippen LogP contribution in [0.2, 0.25) is 0 Å². The van der Waals surface area contributed by atoms with E-state index in [4.69, 9.17) is 6.42 Å². The monoisotopic (exact) mass is 156 g/mol. The molecule has 10 heavy (non-hydrogen) atoms. The third-order valence-corrected chi connectivity index (χ3v) is 4.80. The predicted molar refractivity (Wildman–Crippen MR) is 50.9 cm³/mol. The summed E-state index contributed by atoms with van der Waals surface area (Å²) in [6, 6.07) is 0. The first-order valence-electron chi connectivity index (χ1n) is 3.78. The molecule has 0 bridgehead atoms. The highest BCUT2D eigenvalue weighted by molar-refractivity contribution is 7.59. The number of hydrogen-bond donors (Lipinski definition) is 0. The molecule has 0 fully saturated rings. The first kappa shape index (κ1) is 9.99. The van der Waals surface area contributed by atoms with E-state index >= 15 is 0 Å². The summed E-state index contributed by atoms with van der Waals surface area (Å²) in [7, 11) is 0.0851. The molecule has 0 aromatic rings. The van der Waals surface area contributed by atoms with E-state index in [1.165, 1.54) is 0 Å². The zero-order valence-corrected chi connectivity index (χ0v) is 8.28. The van der Waals surface area contributed by atoms with Crippen LogP contribution >= 0.6 is 7.92 Å². The van der Waals surface area contributed by atoms with E-state index in [0.717, 1.165) is 17.5 Å². The maximum absolute atomic E-state index is 5.27. The van der Waals surface area contributed by atoms with Gasteiger partial charge in [-0.15, -0.1) is 12.3 Å². The Bertz CT molecular complexity index is 111. The van der Waals surface area contributed by atoms with Crippen LogP contribution in [0.4, 0.5) is 0 Å². The van der Waals surface area contributed by atoms with Crippen molar-refractivity contribution in [1.82, 2.24) is 0 Å². The van der Waals surface area contributed by atoms with E-state index in [9.17, 15) is 0 Å². The van der Waals surface area contributed by atoms with Crippen LogP contribution in [0, 0.1) is 12.3 Å². The van der Waals surface area contributed by atoms with Gasteiger partial charge in [0, 0.05) is 6.16 Å². The quantitative estimate of drug-likeness (QED) is 0.435. The van der Waals surface area contributed by atoms with Gasteiger partial charge < -0.3 is 0 Å². The average Bonchev–Trinajstić information content (AvgIpc) is 1.81. The summed E-state index contributed by atoms with van der Waals surface area (Å²) in [5.74, 6) is 2.76. The van der Waals surface area contributed by atoms with Gasteiger partial charge in [0.05, 0.1) is 0 Å². The Morgan fingerprint density at radius 3 is 1.70 bits per heavy atom. The standard InChI is InChI=1S/C9H17P/c1-6-7-10(8(2)3)9(4)5/h1,8-9H,7H2,2-5H3. The molecule has 0 radical (unpaired) electrons. The molecule has 0 unspecified atom stereocenters. The molecular formula is C9H17P. The normalized spacial score (nSPS) is 11.0. The van der Waals surface area contributed by atoms with Gasteiger partial charge in [0.2, 0.25) is 0 Å². The molecule has 0 saturated carbocycles. The van der Waals surface area contributed by atoms with Gasteiger partial charge in [-0.3, -0.25) is 0 Å². The molecule has 1 heteroatoms. The van der Waals surface area contributed by atoms with Crippen molar-refractivity contribution in [2.75, 3.05) is 6.16 Å². The average molecular weight is 156 g/mol. The van der Waals surface area contributed by atoms with Crippen molar-refractivity contribution >= 4 is 7.92 Å². The number of rotatable bonds is 3. The second-order valence-corrected chi connectivity index (χ2v) is 6.47.